The number of benzene rings is 1. The van der Waals surface area contributed by atoms with Gasteiger partial charge < -0.3 is 14.8 Å². The van der Waals surface area contributed by atoms with E-state index in [-0.39, 0.29) is 28.4 Å². The Bertz CT molecular complexity index is 1120. The number of hydrogen-bond acceptors (Lipinski definition) is 6. The highest BCUT2D eigenvalue weighted by atomic mass is 35.5. The average Bonchev–Trinajstić information content (AvgIpc) is 3.06. The SMILES string of the molecule is CC1(C)OC(=O)C(=CNc2cccc(Cl)c2-n2nc(C(F)(F)F)c3c2CCCC3)C(=O)O1. The number of nitrogens with one attached hydrogen (secondary N) is 1. The van der Waals surface area contributed by atoms with E-state index >= 15 is 0 Å². The van der Waals surface area contributed by atoms with Gasteiger partial charge in [-0.25, -0.2) is 14.3 Å². The number of esters is 2. The summed E-state index contributed by atoms with van der Waals surface area (Å²) >= 11 is 6.36. The molecule has 0 radical (unpaired) electrons. The molecule has 2 heterocycles. The lowest BCUT2D eigenvalue weighted by molar-refractivity contribution is -0.222. The highest BCUT2D eigenvalue weighted by molar-refractivity contribution is 6.33. The van der Waals surface area contributed by atoms with E-state index in [1.807, 2.05) is 0 Å². The van der Waals surface area contributed by atoms with Gasteiger partial charge in [0.15, 0.2) is 11.3 Å². The first-order valence-corrected chi connectivity index (χ1v) is 10.3. The molecular formula is C21H19ClF3N3O4. The molecule has 0 saturated carbocycles. The first kappa shape index (κ1) is 22.2. The summed E-state index contributed by atoms with van der Waals surface area (Å²) in [6, 6.07) is 4.64. The van der Waals surface area contributed by atoms with Gasteiger partial charge in [-0.2, -0.15) is 18.3 Å². The molecule has 11 heteroatoms. The van der Waals surface area contributed by atoms with Crippen molar-refractivity contribution >= 4 is 29.2 Å². The summed E-state index contributed by atoms with van der Waals surface area (Å²) in [7, 11) is 0. The number of halogens is 4. The standard InChI is InChI=1S/C21H19ClF3N3O4/c1-20(2)31-18(29)12(19(30)32-20)10-26-14-8-5-7-13(22)16(14)28-15-9-4-3-6-11(15)17(27-28)21(23,24)25/h5,7-8,10,26H,3-4,6,9H2,1-2H3. The van der Waals surface area contributed by atoms with E-state index in [2.05, 4.69) is 10.4 Å². The Labute approximate surface area is 186 Å². The minimum atomic E-state index is -4.61. The van der Waals surface area contributed by atoms with Crippen LogP contribution >= 0.6 is 11.6 Å². The van der Waals surface area contributed by atoms with Crippen LogP contribution in [0.2, 0.25) is 5.02 Å². The molecule has 1 aromatic carbocycles. The third-order valence-corrected chi connectivity index (χ3v) is 5.44. The maximum Gasteiger partial charge on any atom is 0.435 e. The normalized spacial score (nSPS) is 18.0. The Balaban J connectivity index is 1.77. The first-order valence-electron chi connectivity index (χ1n) is 9.88. The van der Waals surface area contributed by atoms with Crippen LogP contribution in [0, 0.1) is 0 Å². The molecule has 0 amide bonds. The molecule has 1 N–H and O–H groups in total. The van der Waals surface area contributed by atoms with E-state index in [1.165, 1.54) is 24.6 Å². The molecule has 0 unspecified atom stereocenters. The molecular weight excluding hydrogens is 451 g/mol. The van der Waals surface area contributed by atoms with Gasteiger partial charge >= 0.3 is 18.1 Å². The number of aromatic nitrogens is 2. The van der Waals surface area contributed by atoms with Crippen LogP contribution in [0.1, 0.15) is 43.6 Å². The van der Waals surface area contributed by atoms with Crippen molar-refractivity contribution in [3.63, 3.8) is 0 Å². The Morgan fingerprint density at radius 3 is 2.47 bits per heavy atom. The van der Waals surface area contributed by atoms with Crippen molar-refractivity contribution < 1.29 is 32.2 Å². The molecule has 7 nitrogen and oxygen atoms in total. The van der Waals surface area contributed by atoms with Crippen LogP contribution in [0.25, 0.3) is 5.69 Å². The van der Waals surface area contributed by atoms with Gasteiger partial charge in [-0.3, -0.25) is 0 Å². The lowest BCUT2D eigenvalue weighted by Gasteiger charge is -2.29. The van der Waals surface area contributed by atoms with Gasteiger partial charge in [-0.15, -0.1) is 0 Å². The summed E-state index contributed by atoms with van der Waals surface area (Å²) in [5.41, 5.74) is -0.301. The van der Waals surface area contributed by atoms with Crippen LogP contribution in [0.15, 0.2) is 30.0 Å². The minimum absolute atomic E-state index is 0.146. The zero-order valence-electron chi connectivity index (χ0n) is 17.2. The highest BCUT2D eigenvalue weighted by Gasteiger charge is 2.41. The van der Waals surface area contributed by atoms with Crippen LogP contribution in [0.3, 0.4) is 0 Å². The molecule has 4 rings (SSSR count). The van der Waals surface area contributed by atoms with E-state index in [0.29, 0.717) is 18.5 Å². The van der Waals surface area contributed by atoms with E-state index < -0.39 is 35.2 Å². The molecule has 1 aromatic heterocycles. The molecule has 1 aliphatic heterocycles. The van der Waals surface area contributed by atoms with Crippen LogP contribution in [-0.2, 0) is 38.1 Å². The number of carbonyl (C=O) groups is 2. The first-order chi connectivity index (χ1) is 15.0. The van der Waals surface area contributed by atoms with Gasteiger partial charge in [-0.1, -0.05) is 17.7 Å². The van der Waals surface area contributed by atoms with Crippen molar-refractivity contribution in [2.45, 2.75) is 51.5 Å². The number of nitrogens with zero attached hydrogens (tertiary/aromatic N) is 2. The zero-order chi connectivity index (χ0) is 23.3. The molecule has 0 spiro atoms. The lowest BCUT2D eigenvalue weighted by atomic mass is 9.95. The van der Waals surface area contributed by atoms with Crippen molar-refractivity contribution in [1.82, 2.24) is 9.78 Å². The van der Waals surface area contributed by atoms with Crippen LogP contribution in [0.5, 0.6) is 0 Å². The number of carbonyl (C=O) groups excluding carboxylic acids is 2. The van der Waals surface area contributed by atoms with Gasteiger partial charge in [0.25, 0.3) is 5.79 Å². The van der Waals surface area contributed by atoms with Crippen molar-refractivity contribution in [3.8, 4) is 5.69 Å². The van der Waals surface area contributed by atoms with Crippen LogP contribution < -0.4 is 5.32 Å². The number of para-hydroxylation sites is 1. The van der Waals surface area contributed by atoms with Crippen LogP contribution in [-0.4, -0.2) is 27.5 Å². The fourth-order valence-corrected chi connectivity index (χ4v) is 4.04. The van der Waals surface area contributed by atoms with Crippen molar-refractivity contribution in [3.05, 3.63) is 51.9 Å². The average molecular weight is 470 g/mol. The molecule has 1 saturated heterocycles. The fraction of sp³-hybridized carbons (Fsp3) is 0.381. The topological polar surface area (TPSA) is 82.5 Å². The Kier molecular flexibility index (Phi) is 5.44. The highest BCUT2D eigenvalue weighted by Crippen LogP contribution is 2.39. The number of rotatable bonds is 3. The van der Waals surface area contributed by atoms with Gasteiger partial charge in [0.1, 0.15) is 5.69 Å². The summed E-state index contributed by atoms with van der Waals surface area (Å²) < 4.78 is 52.1. The largest absolute Gasteiger partial charge is 0.435 e. The second-order valence-electron chi connectivity index (χ2n) is 7.91. The maximum atomic E-state index is 13.6. The monoisotopic (exact) mass is 469 g/mol. The minimum Gasteiger partial charge on any atom is -0.419 e. The van der Waals surface area contributed by atoms with E-state index in [9.17, 15) is 22.8 Å². The predicted octanol–water partition coefficient (Wildman–Crippen LogP) is 4.56. The summed E-state index contributed by atoms with van der Waals surface area (Å²) in [5.74, 6) is -3.18. The number of cyclic esters (lactones) is 2. The smallest absolute Gasteiger partial charge is 0.419 e. The van der Waals surface area contributed by atoms with Gasteiger partial charge in [0, 0.05) is 31.3 Å². The molecule has 2 aliphatic rings. The molecule has 0 bridgehead atoms. The Morgan fingerprint density at radius 1 is 1.16 bits per heavy atom. The Hall–Kier alpha value is -3.01. The molecule has 1 aliphatic carbocycles. The second-order valence-corrected chi connectivity index (χ2v) is 8.31. The van der Waals surface area contributed by atoms with E-state index in [0.717, 1.165) is 12.6 Å². The Morgan fingerprint density at radius 2 is 1.81 bits per heavy atom. The van der Waals surface area contributed by atoms with E-state index in [1.54, 1.807) is 12.1 Å². The lowest BCUT2D eigenvalue weighted by Crippen LogP contribution is -2.42. The van der Waals surface area contributed by atoms with Crippen molar-refractivity contribution in [2.24, 2.45) is 0 Å². The van der Waals surface area contributed by atoms with Crippen molar-refractivity contribution in [2.75, 3.05) is 5.32 Å². The zero-order valence-corrected chi connectivity index (χ0v) is 17.9. The summed E-state index contributed by atoms with van der Waals surface area (Å²) in [6.07, 6.45) is -1.47. The van der Waals surface area contributed by atoms with Crippen molar-refractivity contribution in [1.29, 1.82) is 0 Å². The quantitative estimate of drug-likeness (QED) is 0.403. The third-order valence-electron chi connectivity index (χ3n) is 5.14. The number of alkyl halides is 3. The number of fused-ring (bicyclic) bond motifs is 1. The third kappa shape index (κ3) is 4.06. The van der Waals surface area contributed by atoms with Crippen LogP contribution in [0.4, 0.5) is 18.9 Å². The summed E-state index contributed by atoms with van der Waals surface area (Å²) in [6.45, 7) is 2.84. The molecule has 1 fully saturated rings. The van der Waals surface area contributed by atoms with Gasteiger partial charge in [0.2, 0.25) is 0 Å². The maximum absolute atomic E-state index is 13.6. The number of ether oxygens (including phenoxy) is 2. The van der Waals surface area contributed by atoms with Gasteiger partial charge in [-0.05, 0) is 37.8 Å². The predicted molar refractivity (Wildman–Crippen MR) is 108 cm³/mol. The van der Waals surface area contributed by atoms with Gasteiger partial charge in [0.05, 0.1) is 10.7 Å². The number of hydrogen-bond donors (Lipinski definition) is 1. The molecule has 0 atom stereocenters. The summed E-state index contributed by atoms with van der Waals surface area (Å²) in [5, 5.41) is 6.78. The molecule has 170 valence electrons. The summed E-state index contributed by atoms with van der Waals surface area (Å²) in [4.78, 5) is 24.3. The fourth-order valence-electron chi connectivity index (χ4n) is 3.79. The van der Waals surface area contributed by atoms with E-state index in [4.69, 9.17) is 21.1 Å². The molecule has 32 heavy (non-hydrogen) atoms. The molecule has 2 aromatic rings. The number of anilines is 1. The second kappa shape index (κ2) is 7.84.